The van der Waals surface area contributed by atoms with Gasteiger partial charge in [-0.25, -0.2) is 12.7 Å². The topological polar surface area (TPSA) is 73.3 Å². The Bertz CT molecular complexity index is 1020. The van der Waals surface area contributed by atoms with Crippen molar-refractivity contribution in [3.63, 3.8) is 0 Å². The largest absolute Gasteiger partial charge is 0.336 e. The zero-order valence-corrected chi connectivity index (χ0v) is 17.8. The first-order valence-corrected chi connectivity index (χ1v) is 12.0. The predicted octanol–water partition coefficient (Wildman–Crippen LogP) is 2.49. The van der Waals surface area contributed by atoms with Gasteiger partial charge in [0.05, 0.1) is 18.0 Å². The van der Waals surface area contributed by atoms with Crippen LogP contribution in [0, 0.1) is 0 Å². The monoisotopic (exact) mass is 426 g/mol. The Labute approximate surface area is 177 Å². The van der Waals surface area contributed by atoms with Gasteiger partial charge in [0.2, 0.25) is 10.0 Å². The van der Waals surface area contributed by atoms with Crippen molar-refractivity contribution in [3.8, 4) is 0 Å². The first kappa shape index (κ1) is 20.6. The van der Waals surface area contributed by atoms with E-state index in [1.165, 1.54) is 10.6 Å². The van der Waals surface area contributed by atoms with Crippen LogP contribution in [0.2, 0.25) is 0 Å². The van der Waals surface area contributed by atoms with Crippen molar-refractivity contribution in [3.05, 3.63) is 66.2 Å². The lowest BCUT2D eigenvalue weighted by Gasteiger charge is -2.23. The molecule has 0 bridgehead atoms. The number of para-hydroxylation sites is 1. The van der Waals surface area contributed by atoms with Gasteiger partial charge in [0, 0.05) is 32.6 Å². The second-order valence-corrected chi connectivity index (χ2v) is 9.65. The third-order valence-corrected chi connectivity index (χ3v) is 6.88. The Morgan fingerprint density at radius 2 is 1.60 bits per heavy atom. The Hall–Kier alpha value is -2.71. The van der Waals surface area contributed by atoms with Gasteiger partial charge in [0.25, 0.3) is 5.91 Å². The van der Waals surface area contributed by atoms with Gasteiger partial charge in [-0.3, -0.25) is 9.80 Å². The second kappa shape index (κ2) is 8.57. The lowest BCUT2D eigenvalue weighted by molar-refractivity contribution is -0.124. The number of benzene rings is 2. The highest BCUT2D eigenvalue weighted by molar-refractivity contribution is 7.88. The van der Waals surface area contributed by atoms with Crippen molar-refractivity contribution < 1.29 is 13.2 Å². The molecule has 158 valence electrons. The van der Waals surface area contributed by atoms with Crippen molar-refractivity contribution in [1.82, 2.24) is 9.21 Å². The molecular weight excluding hydrogens is 400 g/mol. The van der Waals surface area contributed by atoms with E-state index in [1.807, 2.05) is 53.5 Å². The lowest BCUT2D eigenvalue weighted by Crippen LogP contribution is -2.39. The number of sulfonamides is 1. The Balaban J connectivity index is 1.57. The first-order valence-electron chi connectivity index (χ1n) is 10.1. The predicted molar refractivity (Wildman–Crippen MR) is 118 cm³/mol. The average molecular weight is 427 g/mol. The summed E-state index contributed by atoms with van der Waals surface area (Å²) >= 11 is 0. The van der Waals surface area contributed by atoms with E-state index in [0.29, 0.717) is 44.7 Å². The summed E-state index contributed by atoms with van der Waals surface area (Å²) < 4.78 is 25.2. The summed E-state index contributed by atoms with van der Waals surface area (Å²) in [6.45, 7) is 1.68. The highest BCUT2D eigenvalue weighted by atomic mass is 32.2. The first-order chi connectivity index (χ1) is 14.4. The zero-order chi connectivity index (χ0) is 21.1. The molecule has 0 spiro atoms. The second-order valence-electron chi connectivity index (χ2n) is 7.67. The highest BCUT2D eigenvalue weighted by Gasteiger charge is 2.35. The summed E-state index contributed by atoms with van der Waals surface area (Å²) in [6, 6.07) is 19.9. The van der Waals surface area contributed by atoms with Crippen LogP contribution >= 0.6 is 0 Å². The van der Waals surface area contributed by atoms with E-state index in [2.05, 4.69) is 12.1 Å². The van der Waals surface area contributed by atoms with Crippen LogP contribution in [0.1, 0.15) is 24.4 Å². The number of amides is 1. The number of nitrogens with zero attached hydrogens (tertiary/aromatic N) is 4. The summed E-state index contributed by atoms with van der Waals surface area (Å²) in [5.41, 5.74) is 2.56. The molecule has 1 atom stereocenters. The van der Waals surface area contributed by atoms with Crippen molar-refractivity contribution >= 4 is 27.3 Å². The molecule has 0 aromatic heterocycles. The van der Waals surface area contributed by atoms with Gasteiger partial charge >= 0.3 is 0 Å². The molecule has 1 amide bonds. The van der Waals surface area contributed by atoms with Gasteiger partial charge in [-0.2, -0.15) is 5.10 Å². The third-order valence-electron chi connectivity index (χ3n) is 5.57. The molecule has 1 fully saturated rings. The molecule has 30 heavy (non-hydrogen) atoms. The minimum Gasteiger partial charge on any atom is -0.336 e. The molecule has 0 unspecified atom stereocenters. The normalized spacial score (nSPS) is 20.7. The summed E-state index contributed by atoms with van der Waals surface area (Å²) in [4.78, 5) is 15.0. The maximum Gasteiger partial charge on any atom is 0.270 e. The molecule has 2 aromatic rings. The number of hydrogen-bond donors (Lipinski definition) is 0. The van der Waals surface area contributed by atoms with Gasteiger partial charge < -0.3 is 4.90 Å². The minimum atomic E-state index is -3.25. The smallest absolute Gasteiger partial charge is 0.270 e. The molecule has 0 saturated carbocycles. The van der Waals surface area contributed by atoms with Crippen LogP contribution in [0.5, 0.6) is 0 Å². The molecule has 0 radical (unpaired) electrons. The summed E-state index contributed by atoms with van der Waals surface area (Å²) in [7, 11) is -3.25. The number of hydrogen-bond acceptors (Lipinski definition) is 5. The van der Waals surface area contributed by atoms with E-state index < -0.39 is 10.0 Å². The molecule has 2 aliphatic rings. The number of carbonyl (C=O) groups is 1. The molecule has 8 heteroatoms. The van der Waals surface area contributed by atoms with Crippen LogP contribution in [0.3, 0.4) is 0 Å². The fraction of sp³-hybridized carbons (Fsp3) is 0.364. The third kappa shape index (κ3) is 4.39. The van der Waals surface area contributed by atoms with E-state index in [4.69, 9.17) is 5.10 Å². The zero-order valence-electron chi connectivity index (χ0n) is 17.0. The molecule has 2 aromatic carbocycles. The maximum atomic E-state index is 13.3. The molecule has 2 aliphatic heterocycles. The van der Waals surface area contributed by atoms with Gasteiger partial charge in [-0.1, -0.05) is 48.5 Å². The van der Waals surface area contributed by atoms with E-state index >= 15 is 0 Å². The molecule has 2 heterocycles. The summed E-state index contributed by atoms with van der Waals surface area (Å²) in [6.07, 6.45) is 2.36. The van der Waals surface area contributed by atoms with E-state index in [1.54, 1.807) is 4.90 Å². The van der Waals surface area contributed by atoms with E-state index in [-0.39, 0.29) is 11.9 Å². The number of rotatable bonds is 4. The summed E-state index contributed by atoms with van der Waals surface area (Å²) in [5.74, 6) is -0.107. The van der Waals surface area contributed by atoms with E-state index in [9.17, 15) is 13.2 Å². The van der Waals surface area contributed by atoms with Crippen LogP contribution in [0.15, 0.2) is 65.8 Å². The molecule has 7 nitrogen and oxygen atoms in total. The van der Waals surface area contributed by atoms with Gasteiger partial charge in [0.15, 0.2) is 0 Å². The van der Waals surface area contributed by atoms with Gasteiger partial charge in [-0.05, 0) is 24.1 Å². The Morgan fingerprint density at radius 1 is 0.933 bits per heavy atom. The number of carbonyl (C=O) groups excluding carboxylic acids is 1. The van der Waals surface area contributed by atoms with Crippen molar-refractivity contribution in [2.24, 2.45) is 5.10 Å². The average Bonchev–Trinajstić information content (AvgIpc) is 3.04. The molecular formula is C22H26N4O3S. The Morgan fingerprint density at radius 3 is 2.27 bits per heavy atom. The fourth-order valence-electron chi connectivity index (χ4n) is 4.00. The van der Waals surface area contributed by atoms with Crippen LogP contribution in [0.25, 0.3) is 0 Å². The highest BCUT2D eigenvalue weighted by Crippen LogP contribution is 2.35. The summed E-state index contributed by atoms with van der Waals surface area (Å²) in [5, 5.41) is 6.64. The maximum absolute atomic E-state index is 13.3. The van der Waals surface area contributed by atoms with Gasteiger partial charge in [-0.15, -0.1) is 0 Å². The van der Waals surface area contributed by atoms with Crippen molar-refractivity contribution in [2.75, 3.05) is 37.4 Å². The number of anilines is 1. The van der Waals surface area contributed by atoms with Crippen LogP contribution in [0.4, 0.5) is 5.69 Å². The molecule has 1 saturated heterocycles. The molecule has 4 rings (SSSR count). The quantitative estimate of drug-likeness (QED) is 0.753. The van der Waals surface area contributed by atoms with Crippen LogP contribution in [-0.2, 0) is 14.8 Å². The van der Waals surface area contributed by atoms with Crippen LogP contribution in [-0.4, -0.2) is 61.7 Å². The van der Waals surface area contributed by atoms with Gasteiger partial charge in [0.1, 0.15) is 5.71 Å². The SMILES string of the molecule is CS(=O)(=O)N1CCCN(C(=O)C2=NN(c3ccccc3)[C@@H](c3ccccc3)C2)CC1. The molecule has 0 aliphatic carbocycles. The standard InChI is InChI=1S/C22H26N4O3S/c1-30(28,29)25-14-8-13-24(15-16-25)22(27)20-17-21(18-9-4-2-5-10-18)26(23-20)19-11-6-3-7-12-19/h2-7,9-12,21H,8,13-17H2,1H3/t21-/m1/s1. The fourth-order valence-corrected chi connectivity index (χ4v) is 4.88. The number of hydrazone groups is 1. The van der Waals surface area contributed by atoms with Crippen molar-refractivity contribution in [2.45, 2.75) is 18.9 Å². The minimum absolute atomic E-state index is 0.0490. The van der Waals surface area contributed by atoms with Crippen molar-refractivity contribution in [1.29, 1.82) is 0 Å². The lowest BCUT2D eigenvalue weighted by atomic mass is 10.0. The van der Waals surface area contributed by atoms with Crippen LogP contribution < -0.4 is 5.01 Å². The Kier molecular flexibility index (Phi) is 5.87. The molecule has 0 N–H and O–H groups in total. The van der Waals surface area contributed by atoms with E-state index in [0.717, 1.165) is 11.3 Å².